The minimum atomic E-state index is -4.58. The average Bonchev–Trinajstić information content (AvgIpc) is 2.71. The summed E-state index contributed by atoms with van der Waals surface area (Å²) in [4.78, 5) is 22.1. The van der Waals surface area contributed by atoms with Gasteiger partial charge in [-0.1, -0.05) is 40.1 Å². The Morgan fingerprint density at radius 2 is 1.81 bits per heavy atom. The summed E-state index contributed by atoms with van der Waals surface area (Å²) in [6.07, 6.45) is -4.58. The molecular weight excluding hydrogens is 437 g/mol. The Bertz CT molecular complexity index is 1020. The summed E-state index contributed by atoms with van der Waals surface area (Å²) in [7, 11) is 2.49. The van der Waals surface area contributed by atoms with E-state index in [1.54, 1.807) is 25.1 Å². The molecule has 10 heteroatoms. The molecule has 0 radical (unpaired) electrons. The van der Waals surface area contributed by atoms with Crippen LogP contribution in [0.4, 0.5) is 13.2 Å². The molecule has 0 aromatic heterocycles. The fourth-order valence-electron chi connectivity index (χ4n) is 2.81. The van der Waals surface area contributed by atoms with Crippen LogP contribution < -0.4 is 0 Å². The lowest BCUT2D eigenvalue weighted by Crippen LogP contribution is -2.20. The molecule has 0 bridgehead atoms. The fraction of sp³-hybridized carbons (Fsp3) is 0.286. The number of carbonyl (C=O) groups excluding carboxylic acids is 1. The smallest absolute Gasteiger partial charge is 0.417 e. The summed E-state index contributed by atoms with van der Waals surface area (Å²) in [5, 5.41) is 7.68. The van der Waals surface area contributed by atoms with Crippen molar-refractivity contribution >= 4 is 29.0 Å². The zero-order chi connectivity index (χ0) is 23.2. The Labute approximate surface area is 182 Å². The SMILES string of the molecule is CO/N=C(/C(=O)OC)c1cccc(C)c1CO/N=C(\C)c1cc(Cl)ccc1C(F)(F)F. The lowest BCUT2D eigenvalue weighted by Gasteiger charge is -2.14. The molecule has 0 amide bonds. The monoisotopic (exact) mass is 456 g/mol. The van der Waals surface area contributed by atoms with Gasteiger partial charge in [-0.15, -0.1) is 0 Å². The molecule has 0 saturated heterocycles. The first-order valence-electron chi connectivity index (χ1n) is 8.92. The number of rotatable bonds is 7. The van der Waals surface area contributed by atoms with E-state index in [1.165, 1.54) is 27.2 Å². The van der Waals surface area contributed by atoms with E-state index >= 15 is 0 Å². The molecule has 0 aliphatic rings. The number of ether oxygens (including phenoxy) is 1. The number of hydrogen-bond donors (Lipinski definition) is 0. The molecule has 0 aliphatic carbocycles. The van der Waals surface area contributed by atoms with Gasteiger partial charge in [0.25, 0.3) is 0 Å². The Kier molecular flexibility index (Phi) is 8.04. The number of benzene rings is 2. The highest BCUT2D eigenvalue weighted by Gasteiger charge is 2.34. The molecule has 0 unspecified atom stereocenters. The van der Waals surface area contributed by atoms with Crippen LogP contribution in [0.3, 0.4) is 0 Å². The maximum atomic E-state index is 13.3. The molecule has 166 valence electrons. The van der Waals surface area contributed by atoms with Crippen LogP contribution in [0.1, 0.15) is 34.7 Å². The number of aryl methyl sites for hydroxylation is 1. The number of nitrogens with zero attached hydrogens (tertiary/aromatic N) is 2. The second-order valence-corrected chi connectivity index (χ2v) is 6.79. The van der Waals surface area contributed by atoms with Crippen molar-refractivity contribution in [3.05, 3.63) is 69.2 Å². The van der Waals surface area contributed by atoms with E-state index in [-0.39, 0.29) is 28.6 Å². The lowest BCUT2D eigenvalue weighted by molar-refractivity contribution is -0.137. The van der Waals surface area contributed by atoms with Crippen LogP contribution >= 0.6 is 11.6 Å². The summed E-state index contributed by atoms with van der Waals surface area (Å²) >= 11 is 5.86. The van der Waals surface area contributed by atoms with Gasteiger partial charge in [0, 0.05) is 21.7 Å². The van der Waals surface area contributed by atoms with Crippen LogP contribution in [0.5, 0.6) is 0 Å². The van der Waals surface area contributed by atoms with Gasteiger partial charge < -0.3 is 14.4 Å². The number of hydrogen-bond acceptors (Lipinski definition) is 6. The third kappa shape index (κ3) is 5.97. The summed E-state index contributed by atoms with van der Waals surface area (Å²) in [5.74, 6) is -0.720. The predicted octanol–water partition coefficient (Wildman–Crippen LogP) is 5.13. The molecular formula is C21H20ClF3N2O4. The largest absolute Gasteiger partial charge is 0.464 e. The van der Waals surface area contributed by atoms with Crippen molar-refractivity contribution in [2.75, 3.05) is 14.2 Å². The molecule has 0 aliphatic heterocycles. The highest BCUT2D eigenvalue weighted by molar-refractivity contribution is 6.43. The quantitative estimate of drug-likeness (QED) is 0.329. The van der Waals surface area contributed by atoms with E-state index < -0.39 is 17.7 Å². The van der Waals surface area contributed by atoms with E-state index in [2.05, 4.69) is 10.3 Å². The molecule has 0 spiro atoms. The summed E-state index contributed by atoms with van der Waals surface area (Å²) < 4.78 is 44.6. The molecule has 31 heavy (non-hydrogen) atoms. The van der Waals surface area contributed by atoms with Crippen LogP contribution in [0.25, 0.3) is 0 Å². The second kappa shape index (κ2) is 10.3. The highest BCUT2D eigenvalue weighted by atomic mass is 35.5. The first kappa shape index (κ1) is 24.2. The fourth-order valence-corrected chi connectivity index (χ4v) is 2.98. The van der Waals surface area contributed by atoms with Gasteiger partial charge in [0.15, 0.2) is 5.71 Å². The Hall–Kier alpha value is -3.07. The minimum Gasteiger partial charge on any atom is -0.464 e. The Morgan fingerprint density at radius 3 is 2.42 bits per heavy atom. The van der Waals surface area contributed by atoms with Crippen LogP contribution in [-0.2, 0) is 32.0 Å². The van der Waals surface area contributed by atoms with E-state index in [1.807, 2.05) is 0 Å². The maximum absolute atomic E-state index is 13.3. The number of alkyl halides is 3. The average molecular weight is 457 g/mol. The number of esters is 1. The molecule has 2 aromatic rings. The topological polar surface area (TPSA) is 69.5 Å². The first-order valence-corrected chi connectivity index (χ1v) is 9.30. The van der Waals surface area contributed by atoms with E-state index in [0.717, 1.165) is 17.7 Å². The Balaban J connectivity index is 2.37. The molecule has 0 fully saturated rings. The number of oxime groups is 2. The Morgan fingerprint density at radius 1 is 1.10 bits per heavy atom. The van der Waals surface area contributed by atoms with Gasteiger partial charge >= 0.3 is 12.1 Å². The third-order valence-corrected chi connectivity index (χ3v) is 4.55. The number of halogens is 4. The van der Waals surface area contributed by atoms with Crippen molar-refractivity contribution in [3.8, 4) is 0 Å². The van der Waals surface area contributed by atoms with Gasteiger partial charge in [-0.05, 0) is 37.6 Å². The van der Waals surface area contributed by atoms with Crippen LogP contribution in [0.2, 0.25) is 5.02 Å². The highest BCUT2D eigenvalue weighted by Crippen LogP contribution is 2.33. The van der Waals surface area contributed by atoms with Crippen LogP contribution in [-0.4, -0.2) is 31.6 Å². The van der Waals surface area contributed by atoms with Crippen molar-refractivity contribution in [2.24, 2.45) is 10.3 Å². The minimum absolute atomic E-state index is 0.0105. The van der Waals surface area contributed by atoms with Gasteiger partial charge in [-0.25, -0.2) is 4.79 Å². The van der Waals surface area contributed by atoms with Gasteiger partial charge in [0.05, 0.1) is 18.4 Å². The van der Waals surface area contributed by atoms with E-state index in [0.29, 0.717) is 11.1 Å². The first-order chi connectivity index (χ1) is 14.6. The standard InChI is InChI=1S/C21H20ClF3N2O4/c1-12-6-5-7-15(19(27-30-4)20(28)29-3)17(12)11-31-26-13(2)16-10-14(22)8-9-18(16)21(23,24)25/h5-10H,11H2,1-4H3/b26-13+,27-19+. The van der Waals surface area contributed by atoms with E-state index in [4.69, 9.17) is 26.0 Å². The van der Waals surface area contributed by atoms with Crippen LogP contribution in [0.15, 0.2) is 46.7 Å². The third-order valence-electron chi connectivity index (χ3n) is 4.31. The summed E-state index contributed by atoms with van der Waals surface area (Å²) in [6, 6.07) is 8.32. The van der Waals surface area contributed by atoms with Gasteiger partial charge in [0.2, 0.25) is 0 Å². The molecule has 0 N–H and O–H groups in total. The summed E-state index contributed by atoms with van der Waals surface area (Å²) in [6.45, 7) is 3.02. The number of methoxy groups -OCH3 is 1. The van der Waals surface area contributed by atoms with Gasteiger partial charge in [0.1, 0.15) is 13.7 Å². The van der Waals surface area contributed by atoms with E-state index in [9.17, 15) is 18.0 Å². The molecule has 2 rings (SSSR count). The van der Waals surface area contributed by atoms with Crippen LogP contribution in [0, 0.1) is 6.92 Å². The van der Waals surface area contributed by atoms with Crippen molar-refractivity contribution in [2.45, 2.75) is 26.6 Å². The van der Waals surface area contributed by atoms with Crippen molar-refractivity contribution in [1.82, 2.24) is 0 Å². The second-order valence-electron chi connectivity index (χ2n) is 6.35. The molecule has 0 saturated carbocycles. The van der Waals surface area contributed by atoms with Crippen molar-refractivity contribution < 1.29 is 32.4 Å². The maximum Gasteiger partial charge on any atom is 0.417 e. The van der Waals surface area contributed by atoms with Gasteiger partial charge in [-0.2, -0.15) is 13.2 Å². The zero-order valence-corrected chi connectivity index (χ0v) is 18.0. The zero-order valence-electron chi connectivity index (χ0n) is 17.2. The normalized spacial score (nSPS) is 12.5. The molecule has 0 atom stereocenters. The molecule has 6 nitrogen and oxygen atoms in total. The lowest BCUT2D eigenvalue weighted by atomic mass is 9.99. The van der Waals surface area contributed by atoms with Crippen molar-refractivity contribution in [3.63, 3.8) is 0 Å². The summed E-state index contributed by atoms with van der Waals surface area (Å²) in [5.41, 5.74) is 0.519. The number of carbonyl (C=O) groups is 1. The molecule has 0 heterocycles. The predicted molar refractivity (Wildman–Crippen MR) is 110 cm³/mol. The molecule has 2 aromatic carbocycles. The van der Waals surface area contributed by atoms with Gasteiger partial charge in [-0.3, -0.25) is 0 Å². The van der Waals surface area contributed by atoms with Crippen molar-refractivity contribution in [1.29, 1.82) is 0 Å².